The second kappa shape index (κ2) is 7.25. The summed E-state index contributed by atoms with van der Waals surface area (Å²) in [7, 11) is 0. The van der Waals surface area contributed by atoms with Gasteiger partial charge in [0.25, 0.3) is 0 Å². The quantitative estimate of drug-likeness (QED) is 0.922. The number of piperidine rings is 1. The maximum absolute atomic E-state index is 11.6. The van der Waals surface area contributed by atoms with Crippen LogP contribution in [0.4, 0.5) is 10.9 Å². The SMILES string of the molecule is CC(=O)N1CCC[C@H](Cc2cc(Nc3ncc(C)s3)nc(C)n2)C1. The molecule has 3 rings (SSSR count). The Labute approximate surface area is 146 Å². The van der Waals surface area contributed by atoms with Gasteiger partial charge in [0.15, 0.2) is 5.13 Å². The number of anilines is 2. The molecule has 1 saturated heterocycles. The third-order valence-corrected chi connectivity index (χ3v) is 5.04. The summed E-state index contributed by atoms with van der Waals surface area (Å²) in [6, 6.07) is 2.00. The lowest BCUT2D eigenvalue weighted by Gasteiger charge is -2.32. The van der Waals surface area contributed by atoms with Gasteiger partial charge in [-0.05, 0) is 39.0 Å². The summed E-state index contributed by atoms with van der Waals surface area (Å²) in [5.41, 5.74) is 1.02. The second-order valence-corrected chi connectivity index (χ2v) is 7.60. The molecule has 1 aliphatic heterocycles. The zero-order chi connectivity index (χ0) is 17.1. The molecule has 0 unspecified atom stereocenters. The normalized spacial score (nSPS) is 17.8. The van der Waals surface area contributed by atoms with Crippen molar-refractivity contribution in [1.82, 2.24) is 19.9 Å². The van der Waals surface area contributed by atoms with Crippen LogP contribution < -0.4 is 5.32 Å². The molecule has 0 aromatic carbocycles. The molecular formula is C17H23N5OS. The van der Waals surface area contributed by atoms with Crippen LogP contribution in [0.2, 0.25) is 0 Å². The van der Waals surface area contributed by atoms with Crippen LogP contribution in [0.3, 0.4) is 0 Å². The van der Waals surface area contributed by atoms with E-state index in [1.54, 1.807) is 18.3 Å². The maximum Gasteiger partial charge on any atom is 0.219 e. The minimum atomic E-state index is 0.167. The van der Waals surface area contributed by atoms with Crippen LogP contribution in [0.5, 0.6) is 0 Å². The van der Waals surface area contributed by atoms with E-state index < -0.39 is 0 Å². The van der Waals surface area contributed by atoms with Crippen LogP contribution in [-0.4, -0.2) is 38.8 Å². The van der Waals surface area contributed by atoms with Gasteiger partial charge in [0.1, 0.15) is 11.6 Å². The highest BCUT2D eigenvalue weighted by atomic mass is 32.1. The molecule has 6 nitrogen and oxygen atoms in total. The Morgan fingerprint density at radius 3 is 2.96 bits per heavy atom. The number of carbonyl (C=O) groups is 1. The van der Waals surface area contributed by atoms with Crippen molar-refractivity contribution in [2.24, 2.45) is 5.92 Å². The van der Waals surface area contributed by atoms with Crippen LogP contribution in [-0.2, 0) is 11.2 Å². The van der Waals surface area contributed by atoms with Crippen molar-refractivity contribution in [2.45, 2.75) is 40.0 Å². The number of likely N-dealkylation sites (tertiary alicyclic amines) is 1. The Bertz CT molecular complexity index is 730. The van der Waals surface area contributed by atoms with E-state index in [4.69, 9.17) is 0 Å². The molecule has 7 heteroatoms. The Morgan fingerprint density at radius 1 is 1.42 bits per heavy atom. The summed E-state index contributed by atoms with van der Waals surface area (Å²) >= 11 is 1.61. The molecule has 0 saturated carbocycles. The molecule has 0 radical (unpaired) electrons. The van der Waals surface area contributed by atoms with E-state index in [2.05, 4.69) is 20.3 Å². The van der Waals surface area contributed by atoms with E-state index in [0.29, 0.717) is 5.92 Å². The van der Waals surface area contributed by atoms with Gasteiger partial charge in [0.05, 0.1) is 0 Å². The lowest BCUT2D eigenvalue weighted by atomic mass is 9.93. The molecule has 0 aliphatic carbocycles. The van der Waals surface area contributed by atoms with Gasteiger partial charge >= 0.3 is 0 Å². The van der Waals surface area contributed by atoms with Gasteiger partial charge in [-0.3, -0.25) is 4.79 Å². The second-order valence-electron chi connectivity index (χ2n) is 6.37. The molecular weight excluding hydrogens is 322 g/mol. The number of aryl methyl sites for hydroxylation is 2. The third kappa shape index (κ3) is 4.29. The summed E-state index contributed by atoms with van der Waals surface area (Å²) < 4.78 is 0. The number of aromatic nitrogens is 3. The fraction of sp³-hybridized carbons (Fsp3) is 0.529. The van der Waals surface area contributed by atoms with Gasteiger partial charge in [-0.1, -0.05) is 0 Å². The standard InChI is InChI=1S/C17H23N5OS/c1-11-9-18-17(24-11)21-16-8-15(19-12(2)20-16)7-14-5-4-6-22(10-14)13(3)23/h8-9,14H,4-7,10H2,1-3H3,(H,18,19,20,21)/t14-/m1/s1. The topological polar surface area (TPSA) is 71.0 Å². The number of nitrogens with zero attached hydrogens (tertiary/aromatic N) is 4. The average molecular weight is 345 g/mol. The van der Waals surface area contributed by atoms with E-state index >= 15 is 0 Å². The number of rotatable bonds is 4. The third-order valence-electron chi connectivity index (χ3n) is 4.21. The molecule has 24 heavy (non-hydrogen) atoms. The molecule has 128 valence electrons. The maximum atomic E-state index is 11.6. The van der Waals surface area contributed by atoms with Crippen LogP contribution in [0, 0.1) is 19.8 Å². The monoisotopic (exact) mass is 345 g/mol. The van der Waals surface area contributed by atoms with Crippen LogP contribution in [0.15, 0.2) is 12.3 Å². The molecule has 2 aromatic rings. The van der Waals surface area contributed by atoms with Gasteiger partial charge in [-0.25, -0.2) is 15.0 Å². The number of thiazole rings is 1. The van der Waals surface area contributed by atoms with Crippen LogP contribution in [0.25, 0.3) is 0 Å². The Hall–Kier alpha value is -2.02. The summed E-state index contributed by atoms with van der Waals surface area (Å²) in [4.78, 5) is 28.0. The highest BCUT2D eigenvalue weighted by Crippen LogP contribution is 2.24. The number of nitrogens with one attached hydrogen (secondary N) is 1. The van der Waals surface area contributed by atoms with E-state index in [9.17, 15) is 4.79 Å². The minimum Gasteiger partial charge on any atom is -0.343 e. The van der Waals surface area contributed by atoms with Gasteiger partial charge in [-0.15, -0.1) is 11.3 Å². The molecule has 1 amide bonds. The van der Waals surface area contributed by atoms with Crippen molar-refractivity contribution in [3.8, 4) is 0 Å². The van der Waals surface area contributed by atoms with Gasteiger partial charge in [0.2, 0.25) is 5.91 Å². The molecule has 1 atom stereocenters. The summed E-state index contributed by atoms with van der Waals surface area (Å²) in [6.45, 7) is 7.29. The predicted molar refractivity (Wildman–Crippen MR) is 95.6 cm³/mol. The van der Waals surface area contributed by atoms with Crippen molar-refractivity contribution in [2.75, 3.05) is 18.4 Å². The average Bonchev–Trinajstić information content (AvgIpc) is 2.92. The van der Waals surface area contributed by atoms with E-state index in [-0.39, 0.29) is 5.91 Å². The predicted octanol–water partition coefficient (Wildman–Crippen LogP) is 3.09. The zero-order valence-corrected chi connectivity index (χ0v) is 15.2. The van der Waals surface area contributed by atoms with E-state index in [0.717, 1.165) is 59.7 Å². The summed E-state index contributed by atoms with van der Waals surface area (Å²) in [5, 5.41) is 4.11. The first-order valence-electron chi connectivity index (χ1n) is 8.29. The van der Waals surface area contributed by atoms with Gasteiger partial charge < -0.3 is 10.2 Å². The lowest BCUT2D eigenvalue weighted by Crippen LogP contribution is -2.39. The van der Waals surface area contributed by atoms with Gasteiger partial charge in [0, 0.05) is 42.8 Å². The number of hydrogen-bond acceptors (Lipinski definition) is 6. The first-order chi connectivity index (χ1) is 11.5. The Kier molecular flexibility index (Phi) is 5.08. The summed E-state index contributed by atoms with van der Waals surface area (Å²) in [5.74, 6) is 2.17. The van der Waals surface area contributed by atoms with Crippen LogP contribution >= 0.6 is 11.3 Å². The minimum absolute atomic E-state index is 0.167. The van der Waals surface area contributed by atoms with Crippen LogP contribution in [0.1, 0.15) is 36.2 Å². The largest absolute Gasteiger partial charge is 0.343 e. The number of carbonyl (C=O) groups excluding carboxylic acids is 1. The fourth-order valence-electron chi connectivity index (χ4n) is 3.13. The van der Waals surface area contributed by atoms with Crippen molar-refractivity contribution >= 4 is 28.2 Å². The molecule has 2 aromatic heterocycles. The first kappa shape index (κ1) is 16.8. The Morgan fingerprint density at radius 2 is 2.25 bits per heavy atom. The molecule has 0 bridgehead atoms. The molecule has 3 heterocycles. The van der Waals surface area contributed by atoms with E-state index in [1.165, 1.54) is 0 Å². The number of amides is 1. The highest BCUT2D eigenvalue weighted by molar-refractivity contribution is 7.15. The van der Waals surface area contributed by atoms with Crippen molar-refractivity contribution in [3.63, 3.8) is 0 Å². The number of hydrogen-bond donors (Lipinski definition) is 1. The smallest absolute Gasteiger partial charge is 0.219 e. The Balaban J connectivity index is 1.70. The first-order valence-corrected chi connectivity index (χ1v) is 9.11. The molecule has 1 N–H and O–H groups in total. The lowest BCUT2D eigenvalue weighted by molar-refractivity contribution is -0.130. The van der Waals surface area contributed by atoms with Crippen molar-refractivity contribution in [1.29, 1.82) is 0 Å². The van der Waals surface area contributed by atoms with E-state index in [1.807, 2.05) is 31.0 Å². The summed E-state index contributed by atoms with van der Waals surface area (Å²) in [6.07, 6.45) is 4.93. The van der Waals surface area contributed by atoms with Gasteiger partial charge in [-0.2, -0.15) is 0 Å². The zero-order valence-electron chi connectivity index (χ0n) is 14.4. The molecule has 1 aliphatic rings. The van der Waals surface area contributed by atoms with Crippen molar-refractivity contribution < 1.29 is 4.79 Å². The molecule has 1 fully saturated rings. The highest BCUT2D eigenvalue weighted by Gasteiger charge is 2.22. The fourth-order valence-corrected chi connectivity index (χ4v) is 3.81. The molecule has 0 spiro atoms. The van der Waals surface area contributed by atoms with Crippen molar-refractivity contribution in [3.05, 3.63) is 28.7 Å².